The largest absolute Gasteiger partial charge is 0.454 e. The fourth-order valence-corrected chi connectivity index (χ4v) is 3.87. The van der Waals surface area contributed by atoms with Crippen molar-refractivity contribution in [1.29, 1.82) is 0 Å². The first-order chi connectivity index (χ1) is 15.0. The predicted molar refractivity (Wildman–Crippen MR) is 121 cm³/mol. The van der Waals surface area contributed by atoms with E-state index in [0.29, 0.717) is 30.6 Å². The highest BCUT2D eigenvalue weighted by Gasteiger charge is 2.32. The van der Waals surface area contributed by atoms with Crippen LogP contribution < -0.4 is 15.1 Å². The predicted octanol–water partition coefficient (Wildman–Crippen LogP) is 3.25. The van der Waals surface area contributed by atoms with Gasteiger partial charge in [-0.05, 0) is 70.4 Å². The molecule has 3 rings (SSSR count). The van der Waals surface area contributed by atoms with Crippen LogP contribution in [0.1, 0.15) is 40.0 Å². The number of nitrogens with one attached hydrogen (secondary N) is 1. The minimum atomic E-state index is -0.473. The number of hydrogen-bond donors (Lipinski definition) is 1. The lowest BCUT2D eigenvalue weighted by Crippen LogP contribution is -2.47. The molecular weight excluding hydrogens is 394 g/mol. The lowest BCUT2D eigenvalue weighted by atomic mass is 10.0. The number of carbonyl (C=O) groups is 2. The summed E-state index contributed by atoms with van der Waals surface area (Å²) in [6.07, 6.45) is 5.85. The normalized spacial score (nSPS) is 16.1. The molecule has 1 aliphatic rings. The van der Waals surface area contributed by atoms with E-state index in [9.17, 15) is 9.59 Å². The molecule has 0 spiro atoms. The first-order valence-corrected chi connectivity index (χ1v) is 10.9. The van der Waals surface area contributed by atoms with Crippen LogP contribution in [0.5, 0.6) is 0 Å². The molecule has 0 bridgehead atoms. The number of carbonyl (C=O) groups excluding carboxylic acids is 2. The maximum Gasteiger partial charge on any atom is 0.329 e. The van der Waals surface area contributed by atoms with Crippen LogP contribution in [-0.2, 0) is 14.3 Å². The van der Waals surface area contributed by atoms with Crippen molar-refractivity contribution in [3.63, 3.8) is 0 Å². The zero-order chi connectivity index (χ0) is 22.2. The van der Waals surface area contributed by atoms with Gasteiger partial charge in [0.15, 0.2) is 6.61 Å². The van der Waals surface area contributed by atoms with Crippen LogP contribution in [0.15, 0.2) is 42.7 Å². The van der Waals surface area contributed by atoms with Crippen molar-refractivity contribution in [3.8, 4) is 0 Å². The number of aromatic nitrogens is 2. The van der Waals surface area contributed by atoms with Gasteiger partial charge in [-0.3, -0.25) is 4.79 Å². The minimum absolute atomic E-state index is 0.326. The Morgan fingerprint density at radius 3 is 2.55 bits per heavy atom. The number of anilines is 3. The number of rotatable bonds is 8. The molecule has 0 aliphatic carbocycles. The summed E-state index contributed by atoms with van der Waals surface area (Å²) < 4.78 is 5.32. The molecule has 1 fully saturated rings. The SMILES string of the molecule is CCN(c1ccc(NC(=O)COC(=O)C2CCCCN2c2ncccn2)cc1)C(C)C. The monoisotopic (exact) mass is 425 g/mol. The third-order valence-electron chi connectivity index (χ3n) is 5.38. The molecule has 0 saturated carbocycles. The Morgan fingerprint density at radius 1 is 1.19 bits per heavy atom. The van der Waals surface area contributed by atoms with Gasteiger partial charge in [0.05, 0.1) is 0 Å². The molecule has 1 atom stereocenters. The molecule has 1 unspecified atom stereocenters. The van der Waals surface area contributed by atoms with E-state index in [2.05, 4.69) is 41.0 Å². The second-order valence-electron chi connectivity index (χ2n) is 7.84. The highest BCUT2D eigenvalue weighted by atomic mass is 16.5. The average Bonchev–Trinajstić information content (AvgIpc) is 2.79. The zero-order valence-electron chi connectivity index (χ0n) is 18.5. The minimum Gasteiger partial charge on any atom is -0.454 e. The van der Waals surface area contributed by atoms with Crippen molar-refractivity contribution in [2.24, 2.45) is 0 Å². The molecule has 1 aliphatic heterocycles. The topological polar surface area (TPSA) is 87.7 Å². The quantitative estimate of drug-likeness (QED) is 0.650. The van der Waals surface area contributed by atoms with Crippen LogP contribution in [-0.4, -0.2) is 53.6 Å². The summed E-state index contributed by atoms with van der Waals surface area (Å²) in [4.78, 5) is 37.6. The van der Waals surface area contributed by atoms with Crippen LogP contribution in [0.4, 0.5) is 17.3 Å². The molecule has 1 saturated heterocycles. The number of benzene rings is 1. The van der Waals surface area contributed by atoms with Crippen molar-refractivity contribution >= 4 is 29.2 Å². The number of amides is 1. The second kappa shape index (κ2) is 10.7. The summed E-state index contributed by atoms with van der Waals surface area (Å²) in [6.45, 7) is 7.67. The van der Waals surface area contributed by atoms with E-state index in [1.54, 1.807) is 18.5 Å². The molecular formula is C23H31N5O3. The summed E-state index contributed by atoms with van der Waals surface area (Å²) in [6, 6.07) is 9.33. The van der Waals surface area contributed by atoms with Crippen LogP contribution in [0.3, 0.4) is 0 Å². The Hall–Kier alpha value is -3.16. The molecule has 8 nitrogen and oxygen atoms in total. The second-order valence-corrected chi connectivity index (χ2v) is 7.84. The van der Waals surface area contributed by atoms with E-state index in [4.69, 9.17) is 4.74 Å². The van der Waals surface area contributed by atoms with Crippen LogP contribution >= 0.6 is 0 Å². The average molecular weight is 426 g/mol. The molecule has 2 heterocycles. The van der Waals surface area contributed by atoms with E-state index in [1.807, 2.05) is 29.2 Å². The third-order valence-corrected chi connectivity index (χ3v) is 5.38. The Labute approximate surface area is 183 Å². The van der Waals surface area contributed by atoms with Crippen molar-refractivity contribution in [2.45, 2.75) is 52.1 Å². The fourth-order valence-electron chi connectivity index (χ4n) is 3.87. The van der Waals surface area contributed by atoms with Crippen molar-refractivity contribution in [3.05, 3.63) is 42.7 Å². The summed E-state index contributed by atoms with van der Waals surface area (Å²) in [5.41, 5.74) is 1.77. The Bertz CT molecular complexity index is 857. The molecule has 1 N–H and O–H groups in total. The van der Waals surface area contributed by atoms with Crippen LogP contribution in [0, 0.1) is 0 Å². The number of nitrogens with zero attached hydrogens (tertiary/aromatic N) is 4. The summed E-state index contributed by atoms with van der Waals surface area (Å²) in [7, 11) is 0. The molecule has 0 radical (unpaired) electrons. The van der Waals surface area contributed by atoms with Crippen molar-refractivity contribution < 1.29 is 14.3 Å². The van der Waals surface area contributed by atoms with Gasteiger partial charge in [0, 0.05) is 42.9 Å². The number of esters is 1. The maximum atomic E-state index is 12.7. The van der Waals surface area contributed by atoms with Crippen LogP contribution in [0.2, 0.25) is 0 Å². The maximum absolute atomic E-state index is 12.7. The first-order valence-electron chi connectivity index (χ1n) is 10.9. The molecule has 31 heavy (non-hydrogen) atoms. The highest BCUT2D eigenvalue weighted by Crippen LogP contribution is 2.23. The number of piperidine rings is 1. The highest BCUT2D eigenvalue weighted by molar-refractivity contribution is 5.93. The fraction of sp³-hybridized carbons (Fsp3) is 0.478. The summed E-state index contributed by atoms with van der Waals surface area (Å²) >= 11 is 0. The standard InChI is InChI=1S/C23H31N5O3/c1-4-27(17(2)3)19-11-9-18(10-12-19)26-21(29)16-31-22(30)20-8-5-6-15-28(20)23-24-13-7-14-25-23/h7,9-14,17,20H,4-6,8,15-16H2,1-3H3,(H,26,29). The molecule has 1 amide bonds. The van der Waals surface area contributed by atoms with E-state index < -0.39 is 12.0 Å². The van der Waals surface area contributed by atoms with E-state index in [0.717, 1.165) is 25.1 Å². The van der Waals surface area contributed by atoms with Gasteiger partial charge in [-0.15, -0.1) is 0 Å². The van der Waals surface area contributed by atoms with Gasteiger partial charge in [0.1, 0.15) is 6.04 Å². The lowest BCUT2D eigenvalue weighted by Gasteiger charge is -2.33. The number of hydrogen-bond acceptors (Lipinski definition) is 7. The van der Waals surface area contributed by atoms with Gasteiger partial charge in [-0.2, -0.15) is 0 Å². The van der Waals surface area contributed by atoms with Gasteiger partial charge < -0.3 is 19.9 Å². The third kappa shape index (κ3) is 5.93. The summed E-state index contributed by atoms with van der Waals surface area (Å²) in [5.74, 6) is -0.278. The Balaban J connectivity index is 1.53. The van der Waals surface area contributed by atoms with Gasteiger partial charge in [0.25, 0.3) is 5.91 Å². The molecule has 1 aromatic heterocycles. The Kier molecular flexibility index (Phi) is 7.81. The first kappa shape index (κ1) is 22.5. The lowest BCUT2D eigenvalue weighted by molar-refractivity contribution is -0.149. The molecule has 166 valence electrons. The van der Waals surface area contributed by atoms with Crippen molar-refractivity contribution in [2.75, 3.05) is 34.8 Å². The molecule has 1 aromatic carbocycles. The van der Waals surface area contributed by atoms with E-state index in [-0.39, 0.29) is 12.5 Å². The molecule has 2 aromatic rings. The van der Waals surface area contributed by atoms with E-state index >= 15 is 0 Å². The number of ether oxygens (including phenoxy) is 1. The smallest absolute Gasteiger partial charge is 0.329 e. The van der Waals surface area contributed by atoms with Gasteiger partial charge >= 0.3 is 5.97 Å². The summed E-state index contributed by atoms with van der Waals surface area (Å²) in [5, 5.41) is 2.78. The van der Waals surface area contributed by atoms with Crippen molar-refractivity contribution in [1.82, 2.24) is 9.97 Å². The van der Waals surface area contributed by atoms with Gasteiger partial charge in [0.2, 0.25) is 5.95 Å². The van der Waals surface area contributed by atoms with Gasteiger partial charge in [-0.1, -0.05) is 0 Å². The Morgan fingerprint density at radius 2 is 1.90 bits per heavy atom. The molecule has 8 heteroatoms. The van der Waals surface area contributed by atoms with Gasteiger partial charge in [-0.25, -0.2) is 14.8 Å². The zero-order valence-corrected chi connectivity index (χ0v) is 18.5. The van der Waals surface area contributed by atoms with Crippen LogP contribution in [0.25, 0.3) is 0 Å². The van der Waals surface area contributed by atoms with E-state index in [1.165, 1.54) is 0 Å².